The van der Waals surface area contributed by atoms with Crippen LogP contribution in [0.3, 0.4) is 0 Å². The quantitative estimate of drug-likeness (QED) is 0.701. The van der Waals surface area contributed by atoms with Crippen molar-refractivity contribution in [2.45, 2.75) is 32.7 Å². The van der Waals surface area contributed by atoms with Gasteiger partial charge in [0.15, 0.2) is 0 Å². The van der Waals surface area contributed by atoms with Crippen molar-refractivity contribution in [3.05, 3.63) is 60.2 Å². The summed E-state index contributed by atoms with van der Waals surface area (Å²) in [6, 6.07) is 16.1. The number of nitrogens with one attached hydrogen (secondary N) is 1. The Morgan fingerprint density at radius 1 is 1.00 bits per heavy atom. The normalized spacial score (nSPS) is 15.4. The monoisotopic (exact) mass is 424 g/mol. The average Bonchev–Trinajstić information content (AvgIpc) is 2.81. The zero-order chi connectivity index (χ0) is 22.2. The number of amides is 2. The second kappa shape index (κ2) is 10.8. The maximum absolute atomic E-state index is 13.2. The lowest BCUT2D eigenvalue weighted by Gasteiger charge is -2.35. The van der Waals surface area contributed by atoms with Crippen LogP contribution in [0.5, 0.6) is 11.5 Å². The summed E-state index contributed by atoms with van der Waals surface area (Å²) in [5, 5.41) is 2.93. The summed E-state index contributed by atoms with van der Waals surface area (Å²) >= 11 is 0. The fourth-order valence-corrected chi connectivity index (χ4v) is 3.73. The molecule has 1 N–H and O–H groups in total. The van der Waals surface area contributed by atoms with E-state index in [4.69, 9.17) is 9.47 Å². The summed E-state index contributed by atoms with van der Waals surface area (Å²) in [4.78, 5) is 27.7. The fourth-order valence-electron chi connectivity index (χ4n) is 3.73. The van der Waals surface area contributed by atoms with E-state index in [-0.39, 0.29) is 17.7 Å². The molecule has 0 bridgehead atoms. The van der Waals surface area contributed by atoms with Crippen molar-refractivity contribution in [1.82, 2.24) is 10.2 Å². The highest BCUT2D eigenvalue weighted by molar-refractivity contribution is 5.97. The molecule has 1 aliphatic heterocycles. The first-order valence-corrected chi connectivity index (χ1v) is 10.9. The molecule has 0 radical (unpaired) electrons. The Hall–Kier alpha value is -3.02. The number of nitrogens with zero attached hydrogens (tertiary/aromatic N) is 1. The number of para-hydroxylation sites is 1. The molecule has 6 heteroatoms. The zero-order valence-electron chi connectivity index (χ0n) is 18.5. The van der Waals surface area contributed by atoms with Crippen LogP contribution in [0.15, 0.2) is 54.6 Å². The van der Waals surface area contributed by atoms with Crippen molar-refractivity contribution in [2.75, 3.05) is 26.8 Å². The smallest absolute Gasteiger partial charge is 0.251 e. The van der Waals surface area contributed by atoms with Gasteiger partial charge in [-0.2, -0.15) is 0 Å². The van der Waals surface area contributed by atoms with Gasteiger partial charge in [-0.1, -0.05) is 32.0 Å². The topological polar surface area (TPSA) is 67.9 Å². The third kappa shape index (κ3) is 6.23. The lowest BCUT2D eigenvalue weighted by Crippen LogP contribution is -2.53. The second-order valence-electron chi connectivity index (χ2n) is 8.32. The SMILES string of the molecule is COc1ccc(C(=O)NC(C(=O)N2CCC(COc3ccccc3)CC2)C(C)C)cc1. The van der Waals surface area contributed by atoms with Gasteiger partial charge in [0.2, 0.25) is 5.91 Å². The number of hydrogen-bond acceptors (Lipinski definition) is 4. The molecule has 1 saturated heterocycles. The predicted molar refractivity (Wildman–Crippen MR) is 120 cm³/mol. The van der Waals surface area contributed by atoms with Crippen molar-refractivity contribution in [1.29, 1.82) is 0 Å². The lowest BCUT2D eigenvalue weighted by molar-refractivity contribution is -0.135. The van der Waals surface area contributed by atoms with E-state index in [1.807, 2.05) is 49.1 Å². The van der Waals surface area contributed by atoms with Crippen molar-refractivity contribution >= 4 is 11.8 Å². The van der Waals surface area contributed by atoms with Gasteiger partial charge in [-0.15, -0.1) is 0 Å². The molecule has 1 heterocycles. The minimum atomic E-state index is -0.549. The van der Waals surface area contributed by atoms with Gasteiger partial charge in [0.05, 0.1) is 13.7 Å². The maximum Gasteiger partial charge on any atom is 0.251 e. The van der Waals surface area contributed by atoms with Crippen LogP contribution in [0.1, 0.15) is 37.0 Å². The average molecular weight is 425 g/mol. The number of ether oxygens (including phenoxy) is 2. The summed E-state index contributed by atoms with van der Waals surface area (Å²) in [6.45, 7) is 5.94. The highest BCUT2D eigenvalue weighted by Gasteiger charge is 2.31. The molecule has 166 valence electrons. The highest BCUT2D eigenvalue weighted by atomic mass is 16.5. The molecule has 31 heavy (non-hydrogen) atoms. The first kappa shape index (κ1) is 22.7. The van der Waals surface area contributed by atoms with E-state index in [9.17, 15) is 9.59 Å². The van der Waals surface area contributed by atoms with Crippen LogP contribution < -0.4 is 14.8 Å². The van der Waals surface area contributed by atoms with Crippen LogP contribution >= 0.6 is 0 Å². The third-order valence-corrected chi connectivity index (χ3v) is 5.73. The summed E-state index contributed by atoms with van der Waals surface area (Å²) in [5.74, 6) is 1.72. The van der Waals surface area contributed by atoms with E-state index in [0.29, 0.717) is 36.9 Å². The zero-order valence-corrected chi connectivity index (χ0v) is 18.5. The molecule has 1 unspecified atom stereocenters. The van der Waals surface area contributed by atoms with Crippen LogP contribution in [-0.2, 0) is 4.79 Å². The van der Waals surface area contributed by atoms with Crippen LogP contribution in [0, 0.1) is 11.8 Å². The molecule has 0 aliphatic carbocycles. The molecule has 2 amide bonds. The van der Waals surface area contributed by atoms with Crippen LogP contribution in [0.25, 0.3) is 0 Å². The molecule has 2 aromatic carbocycles. The third-order valence-electron chi connectivity index (χ3n) is 5.73. The molecule has 2 aromatic rings. The Labute approximate surface area is 184 Å². The highest BCUT2D eigenvalue weighted by Crippen LogP contribution is 2.21. The minimum Gasteiger partial charge on any atom is -0.497 e. The summed E-state index contributed by atoms with van der Waals surface area (Å²) in [5.41, 5.74) is 0.510. The van der Waals surface area contributed by atoms with E-state index < -0.39 is 6.04 Å². The van der Waals surface area contributed by atoms with Gasteiger partial charge in [-0.3, -0.25) is 9.59 Å². The van der Waals surface area contributed by atoms with Gasteiger partial charge in [-0.25, -0.2) is 0 Å². The Bertz CT molecular complexity index is 844. The lowest BCUT2D eigenvalue weighted by atomic mass is 9.95. The van der Waals surface area contributed by atoms with Crippen molar-refractivity contribution < 1.29 is 19.1 Å². The Morgan fingerprint density at radius 3 is 2.23 bits per heavy atom. The molecule has 1 aliphatic rings. The largest absolute Gasteiger partial charge is 0.497 e. The standard InChI is InChI=1S/C25H32N2O4/c1-18(2)23(26-24(28)20-9-11-21(30-3)12-10-20)25(29)27-15-13-19(14-16-27)17-31-22-7-5-4-6-8-22/h4-12,18-19,23H,13-17H2,1-3H3,(H,26,28). The number of carbonyl (C=O) groups excluding carboxylic acids is 2. The first-order valence-electron chi connectivity index (χ1n) is 10.9. The van der Waals surface area contributed by atoms with Gasteiger partial charge in [-0.05, 0) is 61.1 Å². The summed E-state index contributed by atoms with van der Waals surface area (Å²) in [7, 11) is 1.58. The van der Waals surface area contributed by atoms with E-state index in [2.05, 4.69) is 5.32 Å². The fraction of sp³-hybridized carbons (Fsp3) is 0.440. The Balaban J connectivity index is 1.52. The number of methoxy groups -OCH3 is 1. The number of hydrogen-bond donors (Lipinski definition) is 1. The number of rotatable bonds is 8. The number of likely N-dealkylation sites (tertiary alicyclic amines) is 1. The Morgan fingerprint density at radius 2 is 1.65 bits per heavy atom. The minimum absolute atomic E-state index is 0.00571. The van der Waals surface area contributed by atoms with Crippen LogP contribution in [-0.4, -0.2) is 49.6 Å². The predicted octanol–water partition coefficient (Wildman–Crippen LogP) is 3.77. The summed E-state index contributed by atoms with van der Waals surface area (Å²) < 4.78 is 11.0. The van der Waals surface area contributed by atoms with Crippen LogP contribution in [0.2, 0.25) is 0 Å². The molecule has 3 rings (SSSR count). The number of carbonyl (C=O) groups is 2. The molecular formula is C25H32N2O4. The van der Waals surface area contributed by atoms with Crippen molar-refractivity contribution in [3.8, 4) is 11.5 Å². The molecule has 1 atom stereocenters. The van der Waals surface area contributed by atoms with Gasteiger partial charge in [0.1, 0.15) is 17.5 Å². The van der Waals surface area contributed by atoms with Crippen LogP contribution in [0.4, 0.5) is 0 Å². The van der Waals surface area contributed by atoms with Gasteiger partial charge in [0, 0.05) is 18.7 Å². The van der Waals surface area contributed by atoms with E-state index in [0.717, 1.165) is 18.6 Å². The van der Waals surface area contributed by atoms with Gasteiger partial charge >= 0.3 is 0 Å². The number of benzene rings is 2. The maximum atomic E-state index is 13.2. The number of piperidine rings is 1. The molecule has 1 fully saturated rings. The molecular weight excluding hydrogens is 392 g/mol. The first-order chi connectivity index (χ1) is 15.0. The summed E-state index contributed by atoms with van der Waals surface area (Å²) in [6.07, 6.45) is 1.80. The van der Waals surface area contributed by atoms with Gasteiger partial charge < -0.3 is 19.7 Å². The molecule has 0 spiro atoms. The van der Waals surface area contributed by atoms with Crippen molar-refractivity contribution in [3.63, 3.8) is 0 Å². The molecule has 0 aromatic heterocycles. The van der Waals surface area contributed by atoms with Gasteiger partial charge in [0.25, 0.3) is 5.91 Å². The molecule has 6 nitrogen and oxygen atoms in total. The van der Waals surface area contributed by atoms with E-state index in [1.54, 1.807) is 31.4 Å². The van der Waals surface area contributed by atoms with E-state index in [1.165, 1.54) is 0 Å². The second-order valence-corrected chi connectivity index (χ2v) is 8.32. The van der Waals surface area contributed by atoms with E-state index >= 15 is 0 Å². The Kier molecular flexibility index (Phi) is 7.93. The van der Waals surface area contributed by atoms with Crippen molar-refractivity contribution in [2.24, 2.45) is 11.8 Å². The molecule has 0 saturated carbocycles.